The number of anilines is 1. The number of nitrogens with two attached hydrogens (primary N) is 1. The molecule has 3 rings (SSSR count). The molecule has 2 aromatic heterocycles. The summed E-state index contributed by atoms with van der Waals surface area (Å²) in [7, 11) is 1.35. The van der Waals surface area contributed by atoms with E-state index in [9.17, 15) is 9.59 Å². The van der Waals surface area contributed by atoms with E-state index in [2.05, 4.69) is 25.0 Å². The third kappa shape index (κ3) is 5.26. The quantitative estimate of drug-likeness (QED) is 0.656. The Labute approximate surface area is 150 Å². The van der Waals surface area contributed by atoms with Crippen molar-refractivity contribution in [1.82, 2.24) is 19.5 Å². The average molecular weight is 356 g/mol. The number of rotatable bonds is 5. The van der Waals surface area contributed by atoms with Gasteiger partial charge < -0.3 is 20.4 Å². The minimum Gasteiger partial charge on any atom is -0.469 e. The summed E-state index contributed by atoms with van der Waals surface area (Å²) in [5.41, 5.74) is 7.54. The Balaban J connectivity index is 0.000000431. The number of nitrogens with one attached hydrogen (secondary N) is 1. The van der Waals surface area contributed by atoms with Gasteiger partial charge in [-0.15, -0.1) is 0 Å². The van der Waals surface area contributed by atoms with Gasteiger partial charge in [-0.3, -0.25) is 9.59 Å². The number of hydrogen-bond donors (Lipinski definition) is 2. The molecule has 0 atom stereocenters. The molecule has 0 aliphatic rings. The molecule has 26 heavy (non-hydrogen) atoms. The third-order valence-corrected chi connectivity index (χ3v) is 3.32. The molecule has 3 N–H and O–H groups in total. The van der Waals surface area contributed by atoms with Crippen molar-refractivity contribution in [2.24, 2.45) is 5.73 Å². The van der Waals surface area contributed by atoms with Crippen molar-refractivity contribution in [3.05, 3.63) is 48.5 Å². The zero-order chi connectivity index (χ0) is 18.9. The molecule has 0 aliphatic carbocycles. The van der Waals surface area contributed by atoms with Gasteiger partial charge in [0.2, 0.25) is 5.91 Å². The van der Waals surface area contributed by atoms with Crippen LogP contribution in [0.25, 0.3) is 11.2 Å². The molecule has 2 heterocycles. The maximum atomic E-state index is 11.0. The Kier molecular flexibility index (Phi) is 6.60. The van der Waals surface area contributed by atoms with Crippen LogP contribution < -0.4 is 11.1 Å². The molecule has 0 unspecified atom stereocenters. The zero-order valence-electron chi connectivity index (χ0n) is 14.5. The second-order valence-electron chi connectivity index (χ2n) is 5.27. The highest BCUT2D eigenvalue weighted by Crippen LogP contribution is 2.17. The summed E-state index contributed by atoms with van der Waals surface area (Å²) in [5.74, 6) is -0.0521. The van der Waals surface area contributed by atoms with E-state index < -0.39 is 5.91 Å². The number of aromatic nitrogens is 4. The van der Waals surface area contributed by atoms with E-state index in [0.29, 0.717) is 23.5 Å². The van der Waals surface area contributed by atoms with Gasteiger partial charge in [-0.05, 0) is 5.56 Å². The van der Waals surface area contributed by atoms with Crippen LogP contribution in [-0.2, 0) is 27.4 Å². The summed E-state index contributed by atoms with van der Waals surface area (Å²) in [5, 5.41) is 3.23. The average Bonchev–Trinajstić information content (AvgIpc) is 3.04. The standard InChI is InChI=1S/C14H14N6O.C3H6O2/c15-11(21)7-20-9-19-12-13(17-8-18-14(12)20)16-6-10-4-2-1-3-5-10;1-3(4)5-2/h1-5,8-9H,6-7H2,(H2,15,21)(H,16,17,18);1-2H3. The van der Waals surface area contributed by atoms with Crippen molar-refractivity contribution in [1.29, 1.82) is 0 Å². The highest BCUT2D eigenvalue weighted by atomic mass is 16.5. The third-order valence-electron chi connectivity index (χ3n) is 3.32. The Hall–Kier alpha value is -3.49. The topological polar surface area (TPSA) is 125 Å². The van der Waals surface area contributed by atoms with Crippen molar-refractivity contribution in [3.8, 4) is 0 Å². The van der Waals surface area contributed by atoms with Crippen molar-refractivity contribution in [2.75, 3.05) is 12.4 Å². The van der Waals surface area contributed by atoms with E-state index in [1.165, 1.54) is 26.7 Å². The van der Waals surface area contributed by atoms with Crippen molar-refractivity contribution in [2.45, 2.75) is 20.0 Å². The van der Waals surface area contributed by atoms with E-state index in [1.807, 2.05) is 30.3 Å². The van der Waals surface area contributed by atoms with Crippen molar-refractivity contribution < 1.29 is 14.3 Å². The van der Waals surface area contributed by atoms with Crippen LogP contribution in [0.5, 0.6) is 0 Å². The number of esters is 1. The van der Waals surface area contributed by atoms with Crippen LogP contribution in [0.15, 0.2) is 43.0 Å². The molecule has 1 aromatic carbocycles. The second kappa shape index (κ2) is 9.11. The molecule has 9 heteroatoms. The van der Waals surface area contributed by atoms with Crippen molar-refractivity contribution >= 4 is 28.9 Å². The van der Waals surface area contributed by atoms with Crippen LogP contribution >= 0.6 is 0 Å². The molecule has 0 fully saturated rings. The number of carbonyl (C=O) groups excluding carboxylic acids is 2. The first kappa shape index (κ1) is 18.8. The van der Waals surface area contributed by atoms with E-state index in [4.69, 9.17) is 5.73 Å². The molecule has 0 aliphatic heterocycles. The van der Waals surface area contributed by atoms with Gasteiger partial charge in [-0.1, -0.05) is 30.3 Å². The minimum absolute atomic E-state index is 0.0473. The van der Waals surface area contributed by atoms with Gasteiger partial charge in [-0.2, -0.15) is 0 Å². The van der Waals surface area contributed by atoms with Gasteiger partial charge in [-0.25, -0.2) is 15.0 Å². The first-order valence-corrected chi connectivity index (χ1v) is 7.77. The number of carbonyl (C=O) groups is 2. The lowest BCUT2D eigenvalue weighted by Crippen LogP contribution is -2.18. The van der Waals surface area contributed by atoms with E-state index >= 15 is 0 Å². The van der Waals surface area contributed by atoms with Gasteiger partial charge in [0.05, 0.1) is 13.4 Å². The summed E-state index contributed by atoms with van der Waals surface area (Å²) < 4.78 is 5.72. The number of ether oxygens (including phenoxy) is 1. The Morgan fingerprint density at radius 1 is 1.19 bits per heavy atom. The smallest absolute Gasteiger partial charge is 0.302 e. The lowest BCUT2D eigenvalue weighted by Gasteiger charge is -2.06. The molecule has 9 nitrogen and oxygen atoms in total. The summed E-state index contributed by atoms with van der Waals surface area (Å²) in [6.45, 7) is 2.04. The molecular weight excluding hydrogens is 336 g/mol. The minimum atomic E-state index is -0.438. The molecule has 0 saturated heterocycles. The summed E-state index contributed by atoms with van der Waals surface area (Å²) in [6, 6.07) is 9.98. The largest absolute Gasteiger partial charge is 0.469 e. The predicted molar refractivity (Wildman–Crippen MR) is 96.0 cm³/mol. The second-order valence-corrected chi connectivity index (χ2v) is 5.27. The fourth-order valence-electron chi connectivity index (χ4n) is 2.08. The zero-order valence-corrected chi connectivity index (χ0v) is 14.5. The van der Waals surface area contributed by atoms with Gasteiger partial charge in [0.15, 0.2) is 11.5 Å². The van der Waals surface area contributed by atoms with E-state index in [-0.39, 0.29) is 12.5 Å². The van der Waals surface area contributed by atoms with Gasteiger partial charge in [0.1, 0.15) is 18.4 Å². The maximum absolute atomic E-state index is 11.0. The van der Waals surface area contributed by atoms with Crippen LogP contribution in [0.4, 0.5) is 5.82 Å². The SMILES string of the molecule is COC(C)=O.NC(=O)Cn1cnc2c(NCc3ccccc3)ncnc21. The van der Waals surface area contributed by atoms with Crippen LogP contribution in [0.3, 0.4) is 0 Å². The molecule has 136 valence electrons. The number of hydrogen-bond acceptors (Lipinski definition) is 7. The molecule has 1 amide bonds. The highest BCUT2D eigenvalue weighted by molar-refractivity contribution is 5.84. The lowest BCUT2D eigenvalue weighted by atomic mass is 10.2. The molecular formula is C17H20N6O3. The molecule has 3 aromatic rings. The number of imidazole rings is 1. The van der Waals surface area contributed by atoms with Crippen molar-refractivity contribution in [3.63, 3.8) is 0 Å². The van der Waals surface area contributed by atoms with Gasteiger partial charge in [0.25, 0.3) is 0 Å². The summed E-state index contributed by atoms with van der Waals surface area (Å²) in [4.78, 5) is 33.2. The monoisotopic (exact) mass is 356 g/mol. The predicted octanol–water partition coefficient (Wildman–Crippen LogP) is 1.10. The van der Waals surface area contributed by atoms with Gasteiger partial charge >= 0.3 is 5.97 Å². The summed E-state index contributed by atoms with van der Waals surface area (Å²) in [6.07, 6.45) is 2.98. The summed E-state index contributed by atoms with van der Waals surface area (Å²) >= 11 is 0. The molecule has 0 radical (unpaired) electrons. The number of primary amides is 1. The van der Waals surface area contributed by atoms with E-state index in [1.54, 1.807) is 4.57 Å². The maximum Gasteiger partial charge on any atom is 0.302 e. The number of amides is 1. The molecule has 0 bridgehead atoms. The lowest BCUT2D eigenvalue weighted by molar-refractivity contribution is -0.137. The van der Waals surface area contributed by atoms with Crippen LogP contribution in [-0.4, -0.2) is 38.5 Å². The fourth-order valence-corrected chi connectivity index (χ4v) is 2.08. The molecule has 0 spiro atoms. The number of nitrogens with zero attached hydrogens (tertiary/aromatic N) is 4. The Bertz CT molecular complexity index is 879. The normalized spacial score (nSPS) is 9.92. The van der Waals surface area contributed by atoms with Crippen LogP contribution in [0.1, 0.15) is 12.5 Å². The first-order chi connectivity index (χ1) is 12.5. The molecule has 0 saturated carbocycles. The highest BCUT2D eigenvalue weighted by Gasteiger charge is 2.10. The fraction of sp³-hybridized carbons (Fsp3) is 0.235. The van der Waals surface area contributed by atoms with Gasteiger partial charge in [0, 0.05) is 13.5 Å². The number of methoxy groups -OCH3 is 1. The Morgan fingerprint density at radius 2 is 1.88 bits per heavy atom. The number of benzene rings is 1. The van der Waals surface area contributed by atoms with Crippen LogP contribution in [0, 0.1) is 0 Å². The van der Waals surface area contributed by atoms with E-state index in [0.717, 1.165) is 5.56 Å². The number of fused-ring (bicyclic) bond motifs is 1. The first-order valence-electron chi connectivity index (χ1n) is 7.77. The Morgan fingerprint density at radius 3 is 2.50 bits per heavy atom. The van der Waals surface area contributed by atoms with Crippen LogP contribution in [0.2, 0.25) is 0 Å².